The summed E-state index contributed by atoms with van der Waals surface area (Å²) in [5.41, 5.74) is 3.87. The molecule has 0 N–H and O–H groups in total. The normalized spacial score (nSPS) is 10.8. The van der Waals surface area contributed by atoms with Gasteiger partial charge in [0, 0.05) is 24.5 Å². The third-order valence-corrected chi connectivity index (χ3v) is 4.90. The lowest BCUT2D eigenvalue weighted by Gasteiger charge is -2.17. The molecule has 4 aromatic rings. The smallest absolute Gasteiger partial charge is 0.227 e. The van der Waals surface area contributed by atoms with Gasteiger partial charge in [0.25, 0.3) is 0 Å². The molecule has 0 unspecified atom stereocenters. The van der Waals surface area contributed by atoms with E-state index in [1.165, 1.54) is 0 Å². The molecule has 3 aromatic carbocycles. The first kappa shape index (κ1) is 18.8. The molecule has 0 aliphatic rings. The molecule has 0 bridgehead atoms. The number of hydrogen-bond acceptors (Lipinski definition) is 3. The summed E-state index contributed by atoms with van der Waals surface area (Å²) in [7, 11) is 1.82. The molecule has 4 heteroatoms. The summed E-state index contributed by atoms with van der Waals surface area (Å²) in [5.74, 6) is 0.847. The third kappa shape index (κ3) is 4.66. The Kier molecular flexibility index (Phi) is 5.61. The largest absolute Gasteiger partial charge is 0.489 e. The molecular formula is C25H23NO3. The van der Waals surface area contributed by atoms with E-state index in [1.807, 2.05) is 85.9 Å². The van der Waals surface area contributed by atoms with E-state index >= 15 is 0 Å². The molecule has 0 aliphatic heterocycles. The third-order valence-electron chi connectivity index (χ3n) is 4.90. The Morgan fingerprint density at radius 2 is 1.69 bits per heavy atom. The fraction of sp³-hybridized carbons (Fsp3) is 0.160. The predicted molar refractivity (Wildman–Crippen MR) is 114 cm³/mol. The van der Waals surface area contributed by atoms with Gasteiger partial charge in [-0.05, 0) is 29.3 Å². The summed E-state index contributed by atoms with van der Waals surface area (Å²) in [6.45, 7) is 1.05. The number of benzene rings is 3. The van der Waals surface area contributed by atoms with Crippen molar-refractivity contribution in [3.8, 4) is 5.75 Å². The molecule has 1 amide bonds. The number of carbonyl (C=O) groups excluding carboxylic acids is 1. The van der Waals surface area contributed by atoms with Crippen LogP contribution in [0.4, 0.5) is 0 Å². The molecule has 4 nitrogen and oxygen atoms in total. The van der Waals surface area contributed by atoms with Gasteiger partial charge >= 0.3 is 0 Å². The summed E-state index contributed by atoms with van der Waals surface area (Å²) < 4.78 is 11.4. The average molecular weight is 385 g/mol. The molecule has 0 spiro atoms. The lowest BCUT2D eigenvalue weighted by Crippen LogP contribution is -2.27. The quantitative estimate of drug-likeness (QED) is 0.438. The van der Waals surface area contributed by atoms with Crippen molar-refractivity contribution in [1.29, 1.82) is 0 Å². The molecule has 0 radical (unpaired) electrons. The summed E-state index contributed by atoms with van der Waals surface area (Å²) in [6.07, 6.45) is 1.99. The number of para-hydroxylation sites is 1. The Morgan fingerprint density at radius 3 is 2.55 bits per heavy atom. The highest BCUT2D eigenvalue weighted by atomic mass is 16.5. The summed E-state index contributed by atoms with van der Waals surface area (Å²) in [4.78, 5) is 14.4. The van der Waals surface area contributed by atoms with E-state index in [1.54, 1.807) is 11.2 Å². The van der Waals surface area contributed by atoms with Crippen LogP contribution in [0, 0.1) is 0 Å². The Balaban J connectivity index is 1.37. The molecule has 29 heavy (non-hydrogen) atoms. The van der Waals surface area contributed by atoms with Crippen LogP contribution >= 0.6 is 0 Å². The maximum absolute atomic E-state index is 12.7. The van der Waals surface area contributed by atoms with Crippen LogP contribution < -0.4 is 4.74 Å². The highest BCUT2D eigenvalue weighted by Crippen LogP contribution is 2.22. The Labute approximate surface area is 170 Å². The van der Waals surface area contributed by atoms with Crippen LogP contribution in [-0.2, 0) is 24.4 Å². The van der Waals surface area contributed by atoms with E-state index in [9.17, 15) is 4.79 Å². The van der Waals surface area contributed by atoms with Crippen molar-refractivity contribution >= 4 is 16.9 Å². The number of nitrogens with zero attached hydrogens (tertiary/aromatic N) is 1. The first-order valence-corrected chi connectivity index (χ1v) is 9.64. The predicted octanol–water partition coefficient (Wildman–Crippen LogP) is 5.21. The molecule has 4 rings (SSSR count). The molecule has 0 aliphatic carbocycles. The van der Waals surface area contributed by atoms with Gasteiger partial charge in [-0.3, -0.25) is 4.79 Å². The molecule has 1 heterocycles. The second kappa shape index (κ2) is 8.65. The zero-order valence-electron chi connectivity index (χ0n) is 16.4. The number of furan rings is 1. The van der Waals surface area contributed by atoms with Crippen molar-refractivity contribution in [1.82, 2.24) is 4.90 Å². The fourth-order valence-electron chi connectivity index (χ4n) is 3.30. The number of ether oxygens (including phenoxy) is 1. The van der Waals surface area contributed by atoms with Gasteiger partial charge in [-0.15, -0.1) is 0 Å². The van der Waals surface area contributed by atoms with Crippen molar-refractivity contribution < 1.29 is 13.9 Å². The maximum Gasteiger partial charge on any atom is 0.227 e. The van der Waals surface area contributed by atoms with E-state index in [0.717, 1.165) is 33.4 Å². The average Bonchev–Trinajstić information content (AvgIpc) is 3.16. The zero-order chi connectivity index (χ0) is 20.1. The Hall–Kier alpha value is -3.53. The zero-order valence-corrected chi connectivity index (χ0v) is 16.4. The Morgan fingerprint density at radius 1 is 0.931 bits per heavy atom. The van der Waals surface area contributed by atoms with Gasteiger partial charge in [0.1, 0.15) is 17.9 Å². The number of likely N-dealkylation sites (N-methyl/N-ethyl adjacent to an activating group) is 1. The minimum absolute atomic E-state index is 0.0483. The minimum Gasteiger partial charge on any atom is -0.489 e. The van der Waals surface area contributed by atoms with Crippen molar-refractivity contribution in [2.45, 2.75) is 19.6 Å². The van der Waals surface area contributed by atoms with Crippen molar-refractivity contribution in [3.05, 3.63) is 102 Å². The Bertz CT molecular complexity index is 1100. The standard InChI is InChI=1S/C25H23NO3/c1-26(25(27)15-21-18-29-24-13-6-5-12-23(21)24)16-20-10-7-11-22(14-20)28-17-19-8-3-2-4-9-19/h2-14,18H,15-17H2,1H3. The van der Waals surface area contributed by atoms with Gasteiger partial charge in [-0.2, -0.15) is 0 Å². The maximum atomic E-state index is 12.7. The second-order valence-corrected chi connectivity index (χ2v) is 7.11. The van der Waals surface area contributed by atoms with Crippen molar-refractivity contribution in [3.63, 3.8) is 0 Å². The topological polar surface area (TPSA) is 42.7 Å². The SMILES string of the molecule is CN(Cc1cccc(OCc2ccccc2)c1)C(=O)Cc1coc2ccccc12. The highest BCUT2D eigenvalue weighted by molar-refractivity contribution is 5.87. The van der Waals surface area contributed by atoms with E-state index in [2.05, 4.69) is 0 Å². The van der Waals surface area contributed by atoms with E-state index in [-0.39, 0.29) is 5.91 Å². The fourth-order valence-corrected chi connectivity index (χ4v) is 3.30. The number of hydrogen-bond donors (Lipinski definition) is 0. The highest BCUT2D eigenvalue weighted by Gasteiger charge is 2.14. The van der Waals surface area contributed by atoms with Gasteiger partial charge in [0.05, 0.1) is 12.7 Å². The number of fused-ring (bicyclic) bond motifs is 1. The van der Waals surface area contributed by atoms with Gasteiger partial charge in [0.2, 0.25) is 5.91 Å². The number of rotatable bonds is 7. The monoisotopic (exact) mass is 385 g/mol. The number of carbonyl (C=O) groups is 1. The van der Waals surface area contributed by atoms with Gasteiger partial charge in [-0.1, -0.05) is 60.7 Å². The van der Waals surface area contributed by atoms with Crippen LogP contribution in [0.1, 0.15) is 16.7 Å². The second-order valence-electron chi connectivity index (χ2n) is 7.11. The molecule has 1 aromatic heterocycles. The van der Waals surface area contributed by atoms with Crippen LogP contribution in [0.3, 0.4) is 0 Å². The lowest BCUT2D eigenvalue weighted by molar-refractivity contribution is -0.129. The molecule has 0 atom stereocenters. The molecule has 146 valence electrons. The summed E-state index contributed by atoms with van der Waals surface area (Å²) in [5, 5.41) is 0.991. The molecule has 0 saturated carbocycles. The minimum atomic E-state index is 0.0483. The van der Waals surface area contributed by atoms with Crippen molar-refractivity contribution in [2.24, 2.45) is 0 Å². The first-order chi connectivity index (χ1) is 14.2. The molecular weight excluding hydrogens is 362 g/mol. The first-order valence-electron chi connectivity index (χ1n) is 9.64. The van der Waals surface area contributed by atoms with E-state index in [0.29, 0.717) is 19.6 Å². The van der Waals surface area contributed by atoms with Crippen molar-refractivity contribution in [2.75, 3.05) is 7.05 Å². The van der Waals surface area contributed by atoms with Crippen LogP contribution in [0.25, 0.3) is 11.0 Å². The van der Waals surface area contributed by atoms with E-state index in [4.69, 9.17) is 9.15 Å². The van der Waals surface area contributed by atoms with Gasteiger partial charge < -0.3 is 14.1 Å². The van der Waals surface area contributed by atoms with E-state index < -0.39 is 0 Å². The summed E-state index contributed by atoms with van der Waals surface area (Å²) >= 11 is 0. The number of amides is 1. The van der Waals surface area contributed by atoms with Crippen LogP contribution in [0.5, 0.6) is 5.75 Å². The van der Waals surface area contributed by atoms with Crippen LogP contribution in [0.15, 0.2) is 89.5 Å². The molecule has 0 saturated heterocycles. The lowest BCUT2D eigenvalue weighted by atomic mass is 10.1. The summed E-state index contributed by atoms with van der Waals surface area (Å²) in [6, 6.07) is 25.7. The van der Waals surface area contributed by atoms with Crippen LogP contribution in [-0.4, -0.2) is 17.9 Å². The van der Waals surface area contributed by atoms with Gasteiger partial charge in [0.15, 0.2) is 0 Å². The van der Waals surface area contributed by atoms with Gasteiger partial charge in [-0.25, -0.2) is 0 Å². The van der Waals surface area contributed by atoms with Crippen LogP contribution in [0.2, 0.25) is 0 Å². The molecule has 0 fully saturated rings.